The average Bonchev–Trinajstić information content (AvgIpc) is 3.51. The molecule has 1 aromatic carbocycles. The Kier molecular flexibility index (Phi) is 5.82. The van der Waals surface area contributed by atoms with E-state index in [1.807, 2.05) is 23.5 Å². The molecule has 0 radical (unpaired) electrons. The van der Waals surface area contributed by atoms with Gasteiger partial charge in [-0.25, -0.2) is 9.97 Å². The minimum absolute atomic E-state index is 0.222. The molecule has 3 aromatic heterocycles. The summed E-state index contributed by atoms with van der Waals surface area (Å²) in [5.41, 5.74) is 1.80. The third-order valence-electron chi connectivity index (χ3n) is 7.98. The van der Waals surface area contributed by atoms with Crippen LogP contribution in [0.5, 0.6) is 5.75 Å². The molecule has 0 amide bonds. The number of morpholine rings is 1. The standard InChI is InChI=1S/C27H31N7O2S/c1-17-30-31-24-6-5-19-15-32(8-7-23(19)34(17)24)16-21-14-22-25(37-21)27(33-9-11-36-12-10-33)29-26(28-22)18-3-2-4-20(35)13-18/h2-4,13-14,19,23,35H,5-12,15-16H2,1H3/t19-,23-/m0/s1. The fourth-order valence-electron chi connectivity index (χ4n) is 6.22. The zero-order valence-corrected chi connectivity index (χ0v) is 21.8. The van der Waals surface area contributed by atoms with E-state index in [1.165, 1.54) is 11.3 Å². The Balaban J connectivity index is 1.18. The molecule has 0 bridgehead atoms. The van der Waals surface area contributed by atoms with E-state index in [0.29, 0.717) is 31.0 Å². The molecular formula is C27H31N7O2S. The smallest absolute Gasteiger partial charge is 0.162 e. The number of nitrogens with zero attached hydrogens (tertiary/aromatic N) is 7. The van der Waals surface area contributed by atoms with Crippen LogP contribution in [0.1, 0.15) is 35.4 Å². The third-order valence-corrected chi connectivity index (χ3v) is 9.09. The Morgan fingerprint density at radius 1 is 1.08 bits per heavy atom. The Morgan fingerprint density at radius 2 is 1.97 bits per heavy atom. The summed E-state index contributed by atoms with van der Waals surface area (Å²) >= 11 is 1.82. The van der Waals surface area contributed by atoms with Crippen LogP contribution in [-0.2, 0) is 17.7 Å². The van der Waals surface area contributed by atoms with Gasteiger partial charge in [0, 0.05) is 55.6 Å². The largest absolute Gasteiger partial charge is 0.508 e. The van der Waals surface area contributed by atoms with Gasteiger partial charge in [-0.1, -0.05) is 12.1 Å². The Hall–Kier alpha value is -3.08. The first-order valence-electron chi connectivity index (χ1n) is 13.2. The highest BCUT2D eigenvalue weighted by molar-refractivity contribution is 7.19. The second-order valence-electron chi connectivity index (χ2n) is 10.4. The first-order chi connectivity index (χ1) is 18.1. The predicted octanol–water partition coefficient (Wildman–Crippen LogP) is 3.81. The van der Waals surface area contributed by atoms with Gasteiger partial charge in [-0.05, 0) is 43.9 Å². The molecule has 3 aliphatic heterocycles. The van der Waals surface area contributed by atoms with Gasteiger partial charge in [-0.3, -0.25) is 4.90 Å². The van der Waals surface area contributed by atoms with E-state index < -0.39 is 0 Å². The molecule has 2 saturated heterocycles. The number of aryl methyl sites for hydroxylation is 2. The minimum atomic E-state index is 0.222. The maximum atomic E-state index is 10.0. The summed E-state index contributed by atoms with van der Waals surface area (Å²) in [4.78, 5) is 16.2. The molecule has 10 heteroatoms. The van der Waals surface area contributed by atoms with Gasteiger partial charge >= 0.3 is 0 Å². The number of hydrogen-bond acceptors (Lipinski definition) is 9. The minimum Gasteiger partial charge on any atom is -0.508 e. The molecule has 192 valence electrons. The molecule has 6 heterocycles. The lowest BCUT2D eigenvalue weighted by atomic mass is 9.85. The van der Waals surface area contributed by atoms with Crippen LogP contribution in [0.15, 0.2) is 30.3 Å². The SMILES string of the molecule is Cc1nnc2n1[C@H]1CCN(Cc3cc4nc(-c5cccc(O)c5)nc(N5CCOCC5)c4s3)C[C@@H]1CC2. The number of phenols is 1. The van der Waals surface area contributed by atoms with Crippen LogP contribution in [0.25, 0.3) is 21.6 Å². The third kappa shape index (κ3) is 4.26. The van der Waals surface area contributed by atoms with Crippen molar-refractivity contribution in [3.8, 4) is 17.1 Å². The van der Waals surface area contributed by atoms with Gasteiger partial charge in [-0.2, -0.15) is 0 Å². The van der Waals surface area contributed by atoms with E-state index >= 15 is 0 Å². The fourth-order valence-corrected chi connectivity index (χ4v) is 7.37. The average molecular weight is 518 g/mol. The van der Waals surface area contributed by atoms with E-state index in [9.17, 15) is 5.11 Å². The van der Waals surface area contributed by atoms with Crippen LogP contribution in [-0.4, -0.2) is 74.1 Å². The van der Waals surface area contributed by atoms with E-state index in [0.717, 1.165) is 78.8 Å². The number of thiophene rings is 1. The zero-order chi connectivity index (χ0) is 24.9. The molecule has 2 fully saturated rings. The van der Waals surface area contributed by atoms with Gasteiger partial charge in [-0.15, -0.1) is 21.5 Å². The van der Waals surface area contributed by atoms with Crippen molar-refractivity contribution in [2.45, 2.75) is 38.8 Å². The Morgan fingerprint density at radius 3 is 2.84 bits per heavy atom. The van der Waals surface area contributed by atoms with Gasteiger partial charge in [0.15, 0.2) is 11.6 Å². The summed E-state index contributed by atoms with van der Waals surface area (Å²) in [6.07, 6.45) is 3.35. The maximum absolute atomic E-state index is 10.0. The van der Waals surface area contributed by atoms with Crippen molar-refractivity contribution in [2.24, 2.45) is 5.92 Å². The molecule has 4 aromatic rings. The van der Waals surface area contributed by atoms with Crippen LogP contribution in [0.3, 0.4) is 0 Å². The lowest BCUT2D eigenvalue weighted by Crippen LogP contribution is -2.43. The molecule has 9 nitrogen and oxygen atoms in total. The molecule has 0 aliphatic carbocycles. The highest BCUT2D eigenvalue weighted by Gasteiger charge is 2.36. The molecule has 2 atom stereocenters. The first-order valence-corrected chi connectivity index (χ1v) is 14.0. The highest BCUT2D eigenvalue weighted by Crippen LogP contribution is 2.39. The number of piperidine rings is 1. The van der Waals surface area contributed by atoms with E-state index in [4.69, 9.17) is 14.7 Å². The summed E-state index contributed by atoms with van der Waals surface area (Å²) in [6.45, 7) is 8.24. The Bertz CT molecular complexity index is 1440. The first kappa shape index (κ1) is 23.1. The fraction of sp³-hybridized carbons (Fsp3) is 0.481. The number of rotatable bonds is 4. The van der Waals surface area contributed by atoms with E-state index in [-0.39, 0.29) is 5.75 Å². The number of ether oxygens (including phenoxy) is 1. The monoisotopic (exact) mass is 517 g/mol. The molecular weight excluding hydrogens is 486 g/mol. The molecule has 1 N–H and O–H groups in total. The summed E-state index contributed by atoms with van der Waals surface area (Å²) in [5, 5.41) is 18.8. The van der Waals surface area contributed by atoms with Crippen LogP contribution in [0.2, 0.25) is 0 Å². The lowest BCUT2D eigenvalue weighted by molar-refractivity contribution is 0.0979. The number of aromatic hydroxyl groups is 1. The van der Waals surface area contributed by atoms with E-state index in [2.05, 4.69) is 37.6 Å². The second-order valence-corrected chi connectivity index (χ2v) is 11.5. The van der Waals surface area contributed by atoms with Crippen molar-refractivity contribution in [3.05, 3.63) is 46.9 Å². The summed E-state index contributed by atoms with van der Waals surface area (Å²) in [7, 11) is 0. The molecule has 37 heavy (non-hydrogen) atoms. The quantitative estimate of drug-likeness (QED) is 0.437. The predicted molar refractivity (Wildman–Crippen MR) is 143 cm³/mol. The van der Waals surface area contributed by atoms with Crippen molar-refractivity contribution < 1.29 is 9.84 Å². The van der Waals surface area contributed by atoms with Crippen molar-refractivity contribution in [1.29, 1.82) is 0 Å². The summed E-state index contributed by atoms with van der Waals surface area (Å²) in [6, 6.07) is 9.97. The molecule has 0 saturated carbocycles. The molecule has 7 rings (SSSR count). The maximum Gasteiger partial charge on any atom is 0.162 e. The van der Waals surface area contributed by atoms with Crippen LogP contribution < -0.4 is 4.90 Å². The number of fused-ring (bicyclic) bond motifs is 4. The van der Waals surface area contributed by atoms with Gasteiger partial charge in [0.1, 0.15) is 17.4 Å². The van der Waals surface area contributed by atoms with Gasteiger partial charge in [0.2, 0.25) is 0 Å². The number of hydrogen-bond donors (Lipinski definition) is 1. The van der Waals surface area contributed by atoms with Crippen molar-refractivity contribution >= 4 is 27.4 Å². The van der Waals surface area contributed by atoms with Crippen molar-refractivity contribution in [1.82, 2.24) is 29.6 Å². The topological polar surface area (TPSA) is 92.4 Å². The number of benzene rings is 1. The van der Waals surface area contributed by atoms with Crippen LogP contribution >= 0.6 is 11.3 Å². The van der Waals surface area contributed by atoms with Gasteiger partial charge < -0.3 is 19.3 Å². The molecule has 0 unspecified atom stereocenters. The molecule has 0 spiro atoms. The summed E-state index contributed by atoms with van der Waals surface area (Å²) in [5.74, 6) is 4.71. The van der Waals surface area contributed by atoms with Gasteiger partial charge in [0.25, 0.3) is 0 Å². The number of aromatic nitrogens is 5. The van der Waals surface area contributed by atoms with Gasteiger partial charge in [0.05, 0.1) is 23.4 Å². The number of likely N-dealkylation sites (tertiary alicyclic amines) is 1. The lowest BCUT2D eigenvalue weighted by Gasteiger charge is -2.42. The number of phenolic OH excluding ortho intramolecular Hbond substituents is 1. The number of anilines is 1. The van der Waals surface area contributed by atoms with Crippen molar-refractivity contribution in [3.63, 3.8) is 0 Å². The second kappa shape index (κ2) is 9.34. The van der Waals surface area contributed by atoms with E-state index in [1.54, 1.807) is 12.1 Å². The zero-order valence-electron chi connectivity index (χ0n) is 21.0. The molecule has 3 aliphatic rings. The summed E-state index contributed by atoms with van der Waals surface area (Å²) < 4.78 is 9.14. The van der Waals surface area contributed by atoms with Crippen molar-refractivity contribution in [2.75, 3.05) is 44.3 Å². The van der Waals surface area contributed by atoms with Crippen LogP contribution in [0.4, 0.5) is 5.82 Å². The normalized spacial score (nSPS) is 22.2. The van der Waals surface area contributed by atoms with Crippen LogP contribution in [0, 0.1) is 12.8 Å². The Labute approximate surface area is 219 Å². The highest BCUT2D eigenvalue weighted by atomic mass is 32.1.